The highest BCUT2D eigenvalue weighted by atomic mass is 35.5. The van der Waals surface area contributed by atoms with Gasteiger partial charge in [0.1, 0.15) is 0 Å². The van der Waals surface area contributed by atoms with Crippen LogP contribution in [0.3, 0.4) is 0 Å². The van der Waals surface area contributed by atoms with Crippen molar-refractivity contribution in [3.8, 4) is 0 Å². The van der Waals surface area contributed by atoms with Crippen LogP contribution in [0.15, 0.2) is 16.9 Å². The number of hydrogen-bond acceptors (Lipinski definition) is 5. The van der Waals surface area contributed by atoms with Gasteiger partial charge < -0.3 is 14.9 Å². The van der Waals surface area contributed by atoms with Gasteiger partial charge in [-0.05, 0) is 37.3 Å². The van der Waals surface area contributed by atoms with Crippen LogP contribution in [0.2, 0.25) is 5.28 Å². The van der Waals surface area contributed by atoms with Gasteiger partial charge in [-0.1, -0.05) is 18.6 Å². The van der Waals surface area contributed by atoms with Crippen LogP contribution in [-0.4, -0.2) is 43.1 Å². The highest BCUT2D eigenvalue weighted by molar-refractivity contribution is 6.28. The van der Waals surface area contributed by atoms with Gasteiger partial charge in [0.15, 0.2) is 0 Å². The van der Waals surface area contributed by atoms with Crippen molar-refractivity contribution in [3.63, 3.8) is 0 Å². The van der Waals surface area contributed by atoms with Crippen molar-refractivity contribution in [1.82, 2.24) is 9.97 Å². The number of rotatable bonds is 12. The molecule has 0 amide bonds. The number of nitrogens with one attached hydrogen (secondary N) is 2. The zero-order valence-corrected chi connectivity index (χ0v) is 14.2. The molecule has 0 atom stereocenters. The van der Waals surface area contributed by atoms with E-state index in [-0.39, 0.29) is 10.8 Å². The Kier molecular flexibility index (Phi) is 10.2. The van der Waals surface area contributed by atoms with Gasteiger partial charge in [-0.15, -0.1) is 0 Å². The number of halogens is 1. The first-order valence-electron chi connectivity index (χ1n) is 7.70. The Labute approximate surface area is 141 Å². The normalized spacial score (nSPS) is 11.2. The third-order valence-electron chi connectivity index (χ3n) is 3.27. The molecule has 0 saturated heterocycles. The number of methoxy groups -OCH3 is 1. The molecule has 23 heavy (non-hydrogen) atoms. The van der Waals surface area contributed by atoms with Crippen LogP contribution in [0.25, 0.3) is 0 Å². The van der Waals surface area contributed by atoms with Gasteiger partial charge in [0.05, 0.1) is 25.5 Å². The minimum Gasteiger partial charge on any atom is -0.382 e. The molecule has 0 radical (unpaired) electrons. The minimum atomic E-state index is -0.253. The molecule has 0 bridgehead atoms. The molecule has 1 aromatic heterocycles. The molecule has 128 valence electrons. The summed E-state index contributed by atoms with van der Waals surface area (Å²) in [7, 11) is 1.65. The predicted molar refractivity (Wildman–Crippen MR) is 91.8 cm³/mol. The molecule has 0 aromatic carbocycles. The molecule has 0 aliphatic heterocycles. The monoisotopic (exact) mass is 341 g/mol. The number of aromatic nitrogens is 2. The van der Waals surface area contributed by atoms with E-state index in [2.05, 4.69) is 16.0 Å². The Morgan fingerprint density at radius 2 is 2.09 bits per heavy atom. The van der Waals surface area contributed by atoms with E-state index >= 15 is 0 Å². The van der Waals surface area contributed by atoms with Crippen molar-refractivity contribution in [2.45, 2.75) is 32.1 Å². The van der Waals surface area contributed by atoms with Gasteiger partial charge in [0.25, 0.3) is 5.56 Å². The molecule has 0 aliphatic carbocycles. The van der Waals surface area contributed by atoms with Gasteiger partial charge in [0, 0.05) is 18.9 Å². The van der Waals surface area contributed by atoms with Gasteiger partial charge in [-0.3, -0.25) is 9.78 Å². The van der Waals surface area contributed by atoms with Crippen molar-refractivity contribution in [3.05, 3.63) is 39.0 Å². The highest BCUT2D eigenvalue weighted by Gasteiger charge is 2.08. The van der Waals surface area contributed by atoms with Crippen molar-refractivity contribution in [1.29, 1.82) is 5.41 Å². The zero-order valence-electron chi connectivity index (χ0n) is 13.4. The van der Waals surface area contributed by atoms with E-state index in [4.69, 9.17) is 26.5 Å². The molecule has 0 fully saturated rings. The third kappa shape index (κ3) is 8.06. The van der Waals surface area contributed by atoms with Crippen LogP contribution in [0.1, 0.15) is 36.9 Å². The summed E-state index contributed by atoms with van der Waals surface area (Å²) in [4.78, 5) is 18.2. The first-order chi connectivity index (χ1) is 11.2. The number of aromatic amines is 1. The topological polar surface area (TPSA) is 88.1 Å². The van der Waals surface area contributed by atoms with Gasteiger partial charge >= 0.3 is 0 Å². The lowest BCUT2D eigenvalue weighted by Crippen LogP contribution is -2.17. The fraction of sp³-hybridized carbons (Fsp3) is 0.562. The summed E-state index contributed by atoms with van der Waals surface area (Å²) in [5.41, 5.74) is 0.634. The van der Waals surface area contributed by atoms with Gasteiger partial charge in [0.2, 0.25) is 5.28 Å². The highest BCUT2D eigenvalue weighted by Crippen LogP contribution is 2.08. The van der Waals surface area contributed by atoms with E-state index in [1.54, 1.807) is 7.11 Å². The second kappa shape index (κ2) is 12.0. The fourth-order valence-electron chi connectivity index (χ4n) is 2.07. The Hall–Kier alpha value is -1.50. The summed E-state index contributed by atoms with van der Waals surface area (Å²) in [6.45, 7) is 1.84. The fourth-order valence-corrected chi connectivity index (χ4v) is 2.24. The maximum Gasteiger partial charge on any atom is 0.255 e. The standard InChI is InChI=1S/C16H24ClN3O3/c1-22-10-11-23-9-7-5-3-2-4-6-8-13-14(12-18)19-16(17)20-15(13)21/h5,7,12,18H,2-4,6,8-11H2,1H3,(H,19,20,21)/b7-5+,18-12?. The third-order valence-corrected chi connectivity index (χ3v) is 3.44. The molecule has 1 aromatic rings. The SMILES string of the molecule is COCCOC/C=C/CCCCCc1c(C=N)nc(Cl)[nH]c1=O. The summed E-state index contributed by atoms with van der Waals surface area (Å²) in [6, 6.07) is 0. The quantitative estimate of drug-likeness (QED) is 0.265. The lowest BCUT2D eigenvalue weighted by atomic mass is 10.1. The Morgan fingerprint density at radius 1 is 1.26 bits per heavy atom. The molecule has 6 nitrogen and oxygen atoms in total. The number of H-pyrrole nitrogens is 1. The average molecular weight is 342 g/mol. The Morgan fingerprint density at radius 3 is 2.83 bits per heavy atom. The second-order valence-electron chi connectivity index (χ2n) is 5.00. The van der Waals surface area contributed by atoms with Crippen LogP contribution in [0, 0.1) is 5.41 Å². The van der Waals surface area contributed by atoms with Crippen LogP contribution < -0.4 is 5.56 Å². The second-order valence-corrected chi connectivity index (χ2v) is 5.36. The number of unbranched alkanes of at least 4 members (excludes halogenated alkanes) is 3. The predicted octanol–water partition coefficient (Wildman–Crippen LogP) is 2.74. The van der Waals surface area contributed by atoms with Crippen LogP contribution in [-0.2, 0) is 15.9 Å². The van der Waals surface area contributed by atoms with Crippen LogP contribution in [0.5, 0.6) is 0 Å². The molecule has 1 rings (SSSR count). The van der Waals surface area contributed by atoms with Crippen molar-refractivity contribution >= 4 is 17.8 Å². The number of hydrogen-bond donors (Lipinski definition) is 2. The largest absolute Gasteiger partial charge is 0.382 e. The number of ether oxygens (including phenoxy) is 2. The molecular formula is C16H24ClN3O3. The molecule has 2 N–H and O–H groups in total. The maximum atomic E-state index is 11.8. The van der Waals surface area contributed by atoms with E-state index in [1.807, 2.05) is 6.08 Å². The lowest BCUT2D eigenvalue weighted by molar-refractivity contribution is 0.0852. The minimum absolute atomic E-state index is 0.0232. The van der Waals surface area contributed by atoms with Crippen molar-refractivity contribution in [2.75, 3.05) is 26.9 Å². The van der Waals surface area contributed by atoms with E-state index < -0.39 is 0 Å². The number of allylic oxidation sites excluding steroid dienone is 1. The van der Waals surface area contributed by atoms with Crippen molar-refractivity contribution in [2.24, 2.45) is 0 Å². The summed E-state index contributed by atoms with van der Waals surface area (Å²) in [5, 5.41) is 7.33. The van der Waals surface area contributed by atoms with Crippen LogP contribution >= 0.6 is 11.6 Å². The average Bonchev–Trinajstić information content (AvgIpc) is 2.53. The number of nitrogens with zero attached hydrogens (tertiary/aromatic N) is 1. The van der Waals surface area contributed by atoms with E-state index in [0.717, 1.165) is 31.9 Å². The van der Waals surface area contributed by atoms with Crippen molar-refractivity contribution < 1.29 is 9.47 Å². The van der Waals surface area contributed by atoms with E-state index in [1.165, 1.54) is 0 Å². The molecular weight excluding hydrogens is 318 g/mol. The summed E-state index contributed by atoms with van der Waals surface area (Å²) in [5.74, 6) is 0. The Bertz CT molecular complexity index is 558. The molecule has 0 unspecified atom stereocenters. The maximum absolute atomic E-state index is 11.8. The zero-order chi connectivity index (χ0) is 16.9. The molecule has 7 heteroatoms. The van der Waals surface area contributed by atoms with E-state index in [9.17, 15) is 4.79 Å². The summed E-state index contributed by atoms with van der Waals surface area (Å²) < 4.78 is 10.2. The Balaban J connectivity index is 2.20. The first kappa shape index (κ1) is 19.5. The molecule has 1 heterocycles. The summed E-state index contributed by atoms with van der Waals surface area (Å²) >= 11 is 5.68. The van der Waals surface area contributed by atoms with Gasteiger partial charge in [-0.25, -0.2) is 4.98 Å². The molecule has 0 spiro atoms. The smallest absolute Gasteiger partial charge is 0.255 e. The lowest BCUT2D eigenvalue weighted by Gasteiger charge is -2.04. The molecule has 0 saturated carbocycles. The van der Waals surface area contributed by atoms with Crippen LogP contribution in [0.4, 0.5) is 0 Å². The summed E-state index contributed by atoms with van der Waals surface area (Å²) in [6.07, 6.45) is 9.72. The first-order valence-corrected chi connectivity index (χ1v) is 8.07. The van der Waals surface area contributed by atoms with E-state index in [0.29, 0.717) is 37.5 Å². The van der Waals surface area contributed by atoms with Gasteiger partial charge in [-0.2, -0.15) is 0 Å². The molecule has 0 aliphatic rings.